The van der Waals surface area contributed by atoms with E-state index in [1.165, 1.54) is 10.9 Å². The molecule has 1 saturated carbocycles. The highest BCUT2D eigenvalue weighted by Crippen LogP contribution is 2.40. The van der Waals surface area contributed by atoms with Gasteiger partial charge in [0, 0.05) is 0 Å². The minimum atomic E-state index is -0.747. The maximum absolute atomic E-state index is 11.3. The van der Waals surface area contributed by atoms with E-state index in [2.05, 4.69) is 24.0 Å². The molecule has 1 aliphatic carbocycles. The minimum Gasteiger partial charge on any atom is -0.388 e. The van der Waals surface area contributed by atoms with Crippen LogP contribution in [0.25, 0.3) is 0 Å². The van der Waals surface area contributed by atoms with Crippen molar-refractivity contribution in [1.82, 2.24) is 14.8 Å². The molecule has 16 heavy (non-hydrogen) atoms. The third-order valence-electron chi connectivity index (χ3n) is 3.62. The molecule has 5 nitrogen and oxygen atoms in total. The van der Waals surface area contributed by atoms with Crippen molar-refractivity contribution in [3.8, 4) is 0 Å². The number of aromatic amines is 1. The molecule has 0 aromatic carbocycles. The topological polar surface area (TPSA) is 70.9 Å². The van der Waals surface area contributed by atoms with Crippen molar-refractivity contribution in [3.05, 3.63) is 16.8 Å². The normalized spacial score (nSPS) is 23.2. The van der Waals surface area contributed by atoms with Gasteiger partial charge in [0.2, 0.25) is 0 Å². The molecule has 0 unspecified atom stereocenters. The molecular weight excluding hydrogens is 206 g/mol. The van der Waals surface area contributed by atoms with Gasteiger partial charge in [0.15, 0.2) is 0 Å². The molecule has 0 atom stereocenters. The van der Waals surface area contributed by atoms with Gasteiger partial charge in [0.1, 0.15) is 6.33 Å². The molecule has 0 radical (unpaired) electrons. The molecule has 2 N–H and O–H groups in total. The zero-order valence-electron chi connectivity index (χ0n) is 9.86. The number of aliphatic hydroxyl groups is 1. The molecule has 0 amide bonds. The lowest BCUT2D eigenvalue weighted by molar-refractivity contribution is -0.0392. The second-order valence-electron chi connectivity index (χ2n) is 5.68. The Morgan fingerprint density at radius 1 is 1.44 bits per heavy atom. The average Bonchev–Trinajstić information content (AvgIpc) is 2.58. The standard InChI is InChI=1S/C11H19N3O2/c1-10(2)3-5-11(16,6-4-10)7-14-8-12-13-9(14)15/h8,16H,3-7H2,1-2H3,(H,13,15). The molecule has 2 rings (SSSR count). The van der Waals surface area contributed by atoms with E-state index in [0.717, 1.165) is 25.7 Å². The van der Waals surface area contributed by atoms with Crippen LogP contribution in [0, 0.1) is 5.41 Å². The van der Waals surface area contributed by atoms with Crippen LogP contribution >= 0.6 is 0 Å². The van der Waals surface area contributed by atoms with Crippen LogP contribution in [0.4, 0.5) is 0 Å². The van der Waals surface area contributed by atoms with Crippen molar-refractivity contribution in [2.75, 3.05) is 0 Å². The fourth-order valence-electron chi connectivity index (χ4n) is 2.25. The summed E-state index contributed by atoms with van der Waals surface area (Å²) in [5.41, 5.74) is -0.685. The van der Waals surface area contributed by atoms with E-state index in [0.29, 0.717) is 12.0 Å². The van der Waals surface area contributed by atoms with Crippen molar-refractivity contribution in [2.45, 2.75) is 51.7 Å². The maximum Gasteiger partial charge on any atom is 0.343 e. The van der Waals surface area contributed by atoms with Crippen molar-refractivity contribution in [2.24, 2.45) is 5.41 Å². The van der Waals surface area contributed by atoms with Gasteiger partial charge >= 0.3 is 5.69 Å². The number of H-pyrrole nitrogens is 1. The highest BCUT2D eigenvalue weighted by Gasteiger charge is 2.37. The number of nitrogens with zero attached hydrogens (tertiary/aromatic N) is 2. The Balaban J connectivity index is 2.06. The van der Waals surface area contributed by atoms with E-state index in [1.807, 2.05) is 0 Å². The van der Waals surface area contributed by atoms with Gasteiger partial charge in [-0.1, -0.05) is 13.8 Å². The lowest BCUT2D eigenvalue weighted by atomic mass is 9.71. The maximum atomic E-state index is 11.3. The summed E-state index contributed by atoms with van der Waals surface area (Å²) >= 11 is 0. The van der Waals surface area contributed by atoms with Gasteiger partial charge in [-0.3, -0.25) is 4.57 Å². The van der Waals surface area contributed by atoms with E-state index in [1.54, 1.807) is 0 Å². The monoisotopic (exact) mass is 225 g/mol. The largest absolute Gasteiger partial charge is 0.388 e. The first-order chi connectivity index (χ1) is 7.40. The number of rotatable bonds is 2. The van der Waals surface area contributed by atoms with Crippen molar-refractivity contribution in [1.29, 1.82) is 0 Å². The van der Waals surface area contributed by atoms with E-state index in [9.17, 15) is 9.90 Å². The Morgan fingerprint density at radius 3 is 2.56 bits per heavy atom. The molecule has 90 valence electrons. The van der Waals surface area contributed by atoms with Crippen LogP contribution in [-0.2, 0) is 6.54 Å². The van der Waals surface area contributed by atoms with Crippen LogP contribution in [0.5, 0.6) is 0 Å². The van der Waals surface area contributed by atoms with Gasteiger partial charge in [0.05, 0.1) is 12.1 Å². The molecule has 1 aliphatic rings. The Labute approximate surface area is 94.5 Å². The van der Waals surface area contributed by atoms with Crippen molar-refractivity contribution >= 4 is 0 Å². The van der Waals surface area contributed by atoms with E-state index >= 15 is 0 Å². The molecule has 1 aromatic rings. The number of hydrogen-bond acceptors (Lipinski definition) is 3. The fourth-order valence-corrected chi connectivity index (χ4v) is 2.25. The first-order valence-corrected chi connectivity index (χ1v) is 5.73. The van der Waals surface area contributed by atoms with E-state index in [4.69, 9.17) is 0 Å². The number of hydrogen-bond donors (Lipinski definition) is 2. The molecule has 0 aliphatic heterocycles. The van der Waals surface area contributed by atoms with E-state index < -0.39 is 5.60 Å². The zero-order chi connectivity index (χ0) is 11.8. The van der Waals surface area contributed by atoms with Gasteiger partial charge in [-0.15, -0.1) is 0 Å². The summed E-state index contributed by atoms with van der Waals surface area (Å²) in [6.45, 7) is 4.78. The smallest absolute Gasteiger partial charge is 0.343 e. The molecule has 1 heterocycles. The molecule has 1 fully saturated rings. The van der Waals surface area contributed by atoms with Crippen LogP contribution in [0.15, 0.2) is 11.1 Å². The zero-order valence-corrected chi connectivity index (χ0v) is 9.86. The lowest BCUT2D eigenvalue weighted by Crippen LogP contribution is -2.42. The summed E-state index contributed by atoms with van der Waals surface area (Å²) in [6, 6.07) is 0. The molecule has 0 bridgehead atoms. The molecular formula is C11H19N3O2. The summed E-state index contributed by atoms with van der Waals surface area (Å²) < 4.78 is 1.44. The SMILES string of the molecule is CC1(C)CCC(O)(Cn2cn[nH]c2=O)CC1. The predicted molar refractivity (Wildman–Crippen MR) is 60.0 cm³/mol. The van der Waals surface area contributed by atoms with Gasteiger partial charge in [-0.25, -0.2) is 9.89 Å². The predicted octanol–water partition coefficient (Wildman–Crippen LogP) is 0.903. The van der Waals surface area contributed by atoms with Gasteiger partial charge in [-0.05, 0) is 31.1 Å². The lowest BCUT2D eigenvalue weighted by Gasteiger charge is -2.40. The Kier molecular flexibility index (Phi) is 2.66. The first kappa shape index (κ1) is 11.4. The number of nitrogens with one attached hydrogen (secondary N) is 1. The van der Waals surface area contributed by atoms with Gasteiger partial charge < -0.3 is 5.11 Å². The van der Waals surface area contributed by atoms with Gasteiger partial charge in [-0.2, -0.15) is 5.10 Å². The summed E-state index contributed by atoms with van der Waals surface area (Å²) in [5.74, 6) is 0. The summed E-state index contributed by atoms with van der Waals surface area (Å²) in [5, 5.41) is 16.4. The van der Waals surface area contributed by atoms with Crippen LogP contribution in [0.1, 0.15) is 39.5 Å². The van der Waals surface area contributed by atoms with Crippen molar-refractivity contribution < 1.29 is 5.11 Å². The molecule has 1 aromatic heterocycles. The third-order valence-corrected chi connectivity index (χ3v) is 3.62. The Hall–Kier alpha value is -1.10. The van der Waals surface area contributed by atoms with Gasteiger partial charge in [0.25, 0.3) is 0 Å². The molecule has 0 saturated heterocycles. The first-order valence-electron chi connectivity index (χ1n) is 5.73. The Morgan fingerprint density at radius 2 is 2.06 bits per heavy atom. The number of aromatic nitrogens is 3. The highest BCUT2D eigenvalue weighted by molar-refractivity contribution is 4.89. The Bertz CT molecular complexity index is 409. The summed E-state index contributed by atoms with van der Waals surface area (Å²) in [6.07, 6.45) is 4.93. The molecule has 5 heteroatoms. The second kappa shape index (κ2) is 3.73. The quantitative estimate of drug-likeness (QED) is 0.785. The van der Waals surface area contributed by atoms with Crippen LogP contribution < -0.4 is 5.69 Å². The second-order valence-corrected chi connectivity index (χ2v) is 5.68. The van der Waals surface area contributed by atoms with Crippen LogP contribution in [0.2, 0.25) is 0 Å². The van der Waals surface area contributed by atoms with Crippen molar-refractivity contribution in [3.63, 3.8) is 0 Å². The molecule has 0 spiro atoms. The fraction of sp³-hybridized carbons (Fsp3) is 0.818. The summed E-state index contributed by atoms with van der Waals surface area (Å²) in [4.78, 5) is 11.3. The van der Waals surface area contributed by atoms with Crippen LogP contribution in [0.3, 0.4) is 0 Å². The van der Waals surface area contributed by atoms with E-state index in [-0.39, 0.29) is 5.69 Å². The average molecular weight is 225 g/mol. The minimum absolute atomic E-state index is 0.252. The third kappa shape index (κ3) is 2.35. The van der Waals surface area contributed by atoms with Crippen LogP contribution in [-0.4, -0.2) is 25.5 Å². The highest BCUT2D eigenvalue weighted by atomic mass is 16.3. The summed E-state index contributed by atoms with van der Waals surface area (Å²) in [7, 11) is 0.